The SMILES string of the molecule is C[C@@H]1CO[C@@H](c2ccccc2)CN1C(=O)[C@H]1CCCN1C(=O)C1CC1. The lowest BCUT2D eigenvalue weighted by Gasteiger charge is -2.40. The first kappa shape index (κ1) is 16.6. The van der Waals surface area contributed by atoms with Crippen LogP contribution in [0.2, 0.25) is 0 Å². The van der Waals surface area contributed by atoms with E-state index in [0.29, 0.717) is 13.2 Å². The topological polar surface area (TPSA) is 49.9 Å². The van der Waals surface area contributed by atoms with Crippen molar-refractivity contribution in [3.63, 3.8) is 0 Å². The Kier molecular flexibility index (Phi) is 4.50. The average Bonchev–Trinajstić information content (AvgIpc) is 3.38. The van der Waals surface area contributed by atoms with Crippen molar-refractivity contribution in [1.82, 2.24) is 9.80 Å². The molecule has 3 aliphatic rings. The lowest BCUT2D eigenvalue weighted by molar-refractivity contribution is -0.153. The minimum Gasteiger partial charge on any atom is -0.370 e. The van der Waals surface area contributed by atoms with Gasteiger partial charge in [0.1, 0.15) is 12.1 Å². The molecule has 0 radical (unpaired) electrons. The van der Waals surface area contributed by atoms with Crippen molar-refractivity contribution in [3.05, 3.63) is 35.9 Å². The van der Waals surface area contributed by atoms with Gasteiger partial charge in [-0.1, -0.05) is 30.3 Å². The van der Waals surface area contributed by atoms with E-state index < -0.39 is 0 Å². The predicted octanol–water partition coefficient (Wildman–Crippen LogP) is 2.38. The van der Waals surface area contributed by atoms with Crippen LogP contribution in [0.3, 0.4) is 0 Å². The Morgan fingerprint density at radius 3 is 2.52 bits per heavy atom. The molecule has 0 spiro atoms. The van der Waals surface area contributed by atoms with Crippen molar-refractivity contribution in [2.75, 3.05) is 19.7 Å². The van der Waals surface area contributed by atoms with E-state index in [1.165, 1.54) is 0 Å². The van der Waals surface area contributed by atoms with E-state index in [4.69, 9.17) is 4.74 Å². The van der Waals surface area contributed by atoms with Gasteiger partial charge in [-0.2, -0.15) is 0 Å². The van der Waals surface area contributed by atoms with Crippen LogP contribution in [0.25, 0.3) is 0 Å². The molecule has 4 rings (SSSR count). The van der Waals surface area contributed by atoms with Crippen LogP contribution in [0.1, 0.15) is 44.3 Å². The second-order valence-electron chi connectivity index (χ2n) is 7.54. The quantitative estimate of drug-likeness (QED) is 0.847. The van der Waals surface area contributed by atoms with Crippen molar-refractivity contribution >= 4 is 11.8 Å². The largest absolute Gasteiger partial charge is 0.370 e. The fourth-order valence-electron chi connectivity index (χ4n) is 3.98. The standard InChI is InChI=1S/C20H26N2O3/c1-14-13-25-18(15-6-3-2-4-7-15)12-22(14)20(24)17-8-5-11-21(17)19(23)16-9-10-16/h2-4,6-7,14,16-18H,5,8-13H2,1H3/t14-,17-,18-/m1/s1. The molecule has 0 bridgehead atoms. The summed E-state index contributed by atoms with van der Waals surface area (Å²) in [5, 5.41) is 0. The minimum atomic E-state index is -0.273. The summed E-state index contributed by atoms with van der Waals surface area (Å²) in [6, 6.07) is 9.84. The van der Waals surface area contributed by atoms with E-state index in [1.807, 2.05) is 47.1 Å². The van der Waals surface area contributed by atoms with Gasteiger partial charge in [-0.05, 0) is 38.2 Å². The second kappa shape index (κ2) is 6.79. The molecule has 2 heterocycles. The average molecular weight is 342 g/mol. The number of hydrogen-bond donors (Lipinski definition) is 0. The van der Waals surface area contributed by atoms with Crippen molar-refractivity contribution in [2.45, 2.75) is 50.8 Å². The van der Waals surface area contributed by atoms with Gasteiger partial charge in [-0.3, -0.25) is 9.59 Å². The summed E-state index contributed by atoms with van der Waals surface area (Å²) in [6.07, 6.45) is 3.60. The maximum absolute atomic E-state index is 13.2. The van der Waals surface area contributed by atoms with Gasteiger partial charge in [0.2, 0.25) is 11.8 Å². The van der Waals surface area contributed by atoms with Crippen LogP contribution >= 0.6 is 0 Å². The zero-order chi connectivity index (χ0) is 17.4. The molecule has 0 aromatic heterocycles. The molecule has 25 heavy (non-hydrogen) atoms. The highest BCUT2D eigenvalue weighted by molar-refractivity contribution is 5.90. The van der Waals surface area contributed by atoms with Crippen LogP contribution in [0.15, 0.2) is 30.3 Å². The lowest BCUT2D eigenvalue weighted by Crippen LogP contribution is -2.55. The fourth-order valence-corrected chi connectivity index (χ4v) is 3.98. The minimum absolute atomic E-state index is 0.0472. The third-order valence-electron chi connectivity index (χ3n) is 5.64. The van der Waals surface area contributed by atoms with Gasteiger partial charge < -0.3 is 14.5 Å². The van der Waals surface area contributed by atoms with Crippen LogP contribution in [0, 0.1) is 5.92 Å². The number of amides is 2. The molecule has 1 aromatic carbocycles. The number of carbonyl (C=O) groups excluding carboxylic acids is 2. The molecular weight excluding hydrogens is 316 g/mol. The normalized spacial score (nSPS) is 29.7. The molecule has 134 valence electrons. The highest BCUT2D eigenvalue weighted by atomic mass is 16.5. The molecule has 1 aliphatic carbocycles. The molecule has 3 fully saturated rings. The van der Waals surface area contributed by atoms with Crippen molar-refractivity contribution in [2.24, 2.45) is 5.92 Å². The molecule has 5 nitrogen and oxygen atoms in total. The van der Waals surface area contributed by atoms with Crippen LogP contribution < -0.4 is 0 Å². The van der Waals surface area contributed by atoms with Gasteiger partial charge in [0, 0.05) is 12.5 Å². The highest BCUT2D eigenvalue weighted by Crippen LogP contribution is 2.34. The number of benzene rings is 1. The van der Waals surface area contributed by atoms with E-state index in [1.54, 1.807) is 0 Å². The van der Waals surface area contributed by atoms with E-state index >= 15 is 0 Å². The summed E-state index contributed by atoms with van der Waals surface area (Å²) in [4.78, 5) is 29.5. The van der Waals surface area contributed by atoms with Gasteiger partial charge in [-0.25, -0.2) is 0 Å². The third-order valence-corrected chi connectivity index (χ3v) is 5.64. The Labute approximate surface area is 148 Å². The summed E-state index contributed by atoms with van der Waals surface area (Å²) in [6.45, 7) is 3.86. The van der Waals surface area contributed by atoms with Gasteiger partial charge >= 0.3 is 0 Å². The monoisotopic (exact) mass is 342 g/mol. The van der Waals surface area contributed by atoms with Crippen LogP contribution in [-0.2, 0) is 14.3 Å². The molecule has 2 saturated heterocycles. The molecule has 0 N–H and O–H groups in total. The van der Waals surface area contributed by atoms with Gasteiger partial charge in [0.25, 0.3) is 0 Å². The summed E-state index contributed by atoms with van der Waals surface area (Å²) in [5.41, 5.74) is 1.10. The number of nitrogens with zero attached hydrogens (tertiary/aromatic N) is 2. The first-order valence-electron chi connectivity index (χ1n) is 9.42. The smallest absolute Gasteiger partial charge is 0.245 e. The Hall–Kier alpha value is -1.88. The highest BCUT2D eigenvalue weighted by Gasteiger charge is 2.43. The van der Waals surface area contributed by atoms with Gasteiger partial charge in [0.05, 0.1) is 19.2 Å². The van der Waals surface area contributed by atoms with Crippen molar-refractivity contribution in [3.8, 4) is 0 Å². The van der Waals surface area contributed by atoms with Crippen LogP contribution in [0.5, 0.6) is 0 Å². The third kappa shape index (κ3) is 3.30. The van der Waals surface area contributed by atoms with E-state index in [2.05, 4.69) is 0 Å². The van der Waals surface area contributed by atoms with E-state index in [-0.39, 0.29) is 35.9 Å². The molecule has 5 heteroatoms. The van der Waals surface area contributed by atoms with Gasteiger partial charge in [-0.15, -0.1) is 0 Å². The van der Waals surface area contributed by atoms with Gasteiger partial charge in [0.15, 0.2) is 0 Å². The predicted molar refractivity (Wildman–Crippen MR) is 93.8 cm³/mol. The maximum Gasteiger partial charge on any atom is 0.245 e. The molecule has 0 unspecified atom stereocenters. The number of morpholine rings is 1. The summed E-state index contributed by atoms with van der Waals surface area (Å²) >= 11 is 0. The van der Waals surface area contributed by atoms with Crippen LogP contribution in [0.4, 0.5) is 0 Å². The Morgan fingerprint density at radius 2 is 1.80 bits per heavy atom. The van der Waals surface area contributed by atoms with Crippen molar-refractivity contribution < 1.29 is 14.3 Å². The number of carbonyl (C=O) groups is 2. The number of hydrogen-bond acceptors (Lipinski definition) is 3. The fraction of sp³-hybridized carbons (Fsp3) is 0.600. The van der Waals surface area contributed by atoms with E-state index in [0.717, 1.165) is 37.8 Å². The first-order valence-corrected chi connectivity index (χ1v) is 9.42. The number of likely N-dealkylation sites (tertiary alicyclic amines) is 1. The zero-order valence-corrected chi connectivity index (χ0v) is 14.8. The second-order valence-corrected chi connectivity index (χ2v) is 7.54. The van der Waals surface area contributed by atoms with Crippen LogP contribution in [-0.4, -0.2) is 53.4 Å². The summed E-state index contributed by atoms with van der Waals surface area (Å²) in [7, 11) is 0. The molecular formula is C20H26N2O3. The molecule has 1 aromatic rings. The Bertz CT molecular complexity index is 644. The summed E-state index contributed by atoms with van der Waals surface area (Å²) < 4.78 is 5.97. The number of rotatable bonds is 3. The van der Waals surface area contributed by atoms with Crippen molar-refractivity contribution in [1.29, 1.82) is 0 Å². The van der Waals surface area contributed by atoms with E-state index in [9.17, 15) is 9.59 Å². The lowest BCUT2D eigenvalue weighted by atomic mass is 10.0. The Morgan fingerprint density at radius 1 is 1.04 bits per heavy atom. The molecule has 3 atom stereocenters. The maximum atomic E-state index is 13.2. The molecule has 2 aliphatic heterocycles. The first-order chi connectivity index (χ1) is 12.1. The zero-order valence-electron chi connectivity index (χ0n) is 14.8. The molecule has 1 saturated carbocycles. The number of ether oxygens (including phenoxy) is 1. The summed E-state index contributed by atoms with van der Waals surface area (Å²) in [5.74, 6) is 0.465. The molecule has 2 amide bonds. The Balaban J connectivity index is 1.48.